The SMILES string of the molecule is CC(=O)NC1=NC(=O)/C(=C/c2ccc(-c3cccc(C(F)(F)F)c3)o2)S1. The number of halogens is 3. The van der Waals surface area contributed by atoms with E-state index in [0.717, 1.165) is 23.9 Å². The minimum atomic E-state index is -4.45. The van der Waals surface area contributed by atoms with Crippen molar-refractivity contribution in [2.24, 2.45) is 4.99 Å². The molecule has 9 heteroatoms. The van der Waals surface area contributed by atoms with E-state index in [1.165, 1.54) is 37.3 Å². The molecule has 5 nitrogen and oxygen atoms in total. The van der Waals surface area contributed by atoms with Crippen LogP contribution >= 0.6 is 11.8 Å². The van der Waals surface area contributed by atoms with Crippen molar-refractivity contribution in [3.63, 3.8) is 0 Å². The normalized spacial score (nSPS) is 16.1. The molecule has 0 atom stereocenters. The van der Waals surface area contributed by atoms with E-state index in [9.17, 15) is 22.8 Å². The van der Waals surface area contributed by atoms with E-state index >= 15 is 0 Å². The van der Waals surface area contributed by atoms with Crippen molar-refractivity contribution >= 4 is 34.8 Å². The highest BCUT2D eigenvalue weighted by molar-refractivity contribution is 8.18. The molecule has 2 aromatic rings. The molecule has 0 unspecified atom stereocenters. The summed E-state index contributed by atoms with van der Waals surface area (Å²) in [6, 6.07) is 7.81. The molecule has 1 aromatic heterocycles. The number of nitrogens with zero attached hydrogens (tertiary/aromatic N) is 1. The molecule has 0 radical (unpaired) electrons. The molecule has 1 N–H and O–H groups in total. The number of hydrogen-bond acceptors (Lipinski definition) is 4. The van der Waals surface area contributed by atoms with E-state index in [1.807, 2.05) is 0 Å². The van der Waals surface area contributed by atoms with Crippen molar-refractivity contribution in [3.05, 3.63) is 52.6 Å². The molecule has 1 aliphatic heterocycles. The number of carbonyl (C=O) groups is 2. The Morgan fingerprint density at radius 2 is 2.04 bits per heavy atom. The van der Waals surface area contributed by atoms with Gasteiger partial charge in [0.1, 0.15) is 11.5 Å². The Balaban J connectivity index is 1.81. The summed E-state index contributed by atoms with van der Waals surface area (Å²) in [7, 11) is 0. The van der Waals surface area contributed by atoms with Crippen molar-refractivity contribution in [3.8, 4) is 11.3 Å². The van der Waals surface area contributed by atoms with Gasteiger partial charge in [0.05, 0.1) is 10.5 Å². The average molecular weight is 380 g/mol. The van der Waals surface area contributed by atoms with Gasteiger partial charge in [0, 0.05) is 18.6 Å². The van der Waals surface area contributed by atoms with Gasteiger partial charge in [-0.1, -0.05) is 12.1 Å². The summed E-state index contributed by atoms with van der Waals surface area (Å²) < 4.78 is 43.9. The van der Waals surface area contributed by atoms with Gasteiger partial charge in [0.2, 0.25) is 5.91 Å². The summed E-state index contributed by atoms with van der Waals surface area (Å²) >= 11 is 0.974. The highest BCUT2D eigenvalue weighted by Gasteiger charge is 2.30. The van der Waals surface area contributed by atoms with Crippen molar-refractivity contribution in [2.45, 2.75) is 13.1 Å². The minimum absolute atomic E-state index is 0.165. The van der Waals surface area contributed by atoms with Crippen molar-refractivity contribution in [1.82, 2.24) is 5.32 Å². The van der Waals surface area contributed by atoms with Crippen LogP contribution < -0.4 is 5.32 Å². The number of rotatable bonds is 2. The number of furan rings is 1. The monoisotopic (exact) mass is 380 g/mol. The number of thioether (sulfide) groups is 1. The topological polar surface area (TPSA) is 71.7 Å². The summed E-state index contributed by atoms with van der Waals surface area (Å²) in [6.45, 7) is 1.29. The summed E-state index contributed by atoms with van der Waals surface area (Å²) in [5.74, 6) is -0.361. The van der Waals surface area contributed by atoms with Crippen molar-refractivity contribution in [2.75, 3.05) is 0 Å². The van der Waals surface area contributed by atoms with Gasteiger partial charge in [-0.05, 0) is 36.0 Å². The third-order valence-corrected chi connectivity index (χ3v) is 4.18. The largest absolute Gasteiger partial charge is 0.457 e. The molecule has 0 spiro atoms. The maximum atomic E-state index is 12.8. The van der Waals surface area contributed by atoms with Crippen LogP contribution in [0.3, 0.4) is 0 Å². The van der Waals surface area contributed by atoms with E-state index in [1.54, 1.807) is 0 Å². The zero-order chi connectivity index (χ0) is 18.9. The summed E-state index contributed by atoms with van der Waals surface area (Å²) in [6.07, 6.45) is -3.03. The van der Waals surface area contributed by atoms with E-state index in [2.05, 4.69) is 10.3 Å². The van der Waals surface area contributed by atoms with Crippen LogP contribution in [0.5, 0.6) is 0 Å². The molecule has 2 amide bonds. The molecule has 3 rings (SSSR count). The van der Waals surface area contributed by atoms with Crippen LogP contribution in [0.15, 0.2) is 50.7 Å². The van der Waals surface area contributed by atoms with Crippen LogP contribution in [0.25, 0.3) is 17.4 Å². The number of benzene rings is 1. The zero-order valence-corrected chi connectivity index (χ0v) is 14.1. The molecule has 2 heterocycles. The number of aliphatic imine (C=N–C) groups is 1. The number of carbonyl (C=O) groups excluding carboxylic acids is 2. The van der Waals surface area contributed by atoms with Crippen LogP contribution in [0.2, 0.25) is 0 Å². The predicted molar refractivity (Wildman–Crippen MR) is 91.0 cm³/mol. The van der Waals surface area contributed by atoms with Crippen LogP contribution in [-0.4, -0.2) is 17.0 Å². The standard InChI is InChI=1S/C17H11F3N2O3S/c1-9(23)21-16-22-15(24)14(26-16)8-12-5-6-13(25-12)10-3-2-4-11(7-10)17(18,19)20/h2-8H,1H3,(H,21,22,23,24)/b14-8-. The summed E-state index contributed by atoms with van der Waals surface area (Å²) in [5.41, 5.74) is -0.508. The minimum Gasteiger partial charge on any atom is -0.457 e. The van der Waals surface area contributed by atoms with E-state index in [0.29, 0.717) is 0 Å². The second-order valence-electron chi connectivity index (χ2n) is 5.29. The Hall–Kier alpha value is -2.81. The van der Waals surface area contributed by atoms with E-state index in [-0.39, 0.29) is 33.1 Å². The van der Waals surface area contributed by atoms with Crippen molar-refractivity contribution < 1.29 is 27.2 Å². The van der Waals surface area contributed by atoms with Gasteiger partial charge in [0.25, 0.3) is 5.91 Å². The Bertz CT molecular complexity index is 945. The van der Waals surface area contributed by atoms with Gasteiger partial charge in [-0.25, -0.2) is 0 Å². The highest BCUT2D eigenvalue weighted by atomic mass is 32.2. The summed E-state index contributed by atoms with van der Waals surface area (Å²) in [5, 5.41) is 2.58. The van der Waals surface area contributed by atoms with Gasteiger partial charge in [-0.3, -0.25) is 9.59 Å². The second kappa shape index (κ2) is 6.83. The molecule has 26 heavy (non-hydrogen) atoms. The van der Waals surface area contributed by atoms with Gasteiger partial charge >= 0.3 is 6.18 Å². The number of alkyl halides is 3. The van der Waals surface area contributed by atoms with Crippen LogP contribution in [0, 0.1) is 0 Å². The lowest BCUT2D eigenvalue weighted by atomic mass is 10.1. The molecule has 0 saturated heterocycles. The summed E-state index contributed by atoms with van der Waals surface area (Å²) in [4.78, 5) is 26.7. The lowest BCUT2D eigenvalue weighted by molar-refractivity contribution is -0.137. The van der Waals surface area contributed by atoms with Gasteiger partial charge in [-0.15, -0.1) is 0 Å². The average Bonchev–Trinajstić information content (AvgIpc) is 3.14. The Morgan fingerprint density at radius 1 is 1.27 bits per heavy atom. The maximum Gasteiger partial charge on any atom is 0.416 e. The molecule has 0 aliphatic carbocycles. The predicted octanol–water partition coefficient (Wildman–Crippen LogP) is 4.07. The van der Waals surface area contributed by atoms with Gasteiger partial charge in [0.15, 0.2) is 5.17 Å². The molecule has 0 bridgehead atoms. The number of amides is 2. The first kappa shape index (κ1) is 18.0. The van der Waals surface area contributed by atoms with Crippen molar-refractivity contribution in [1.29, 1.82) is 0 Å². The first-order valence-electron chi connectivity index (χ1n) is 7.30. The quantitative estimate of drug-likeness (QED) is 0.798. The first-order chi connectivity index (χ1) is 12.2. The molecule has 0 fully saturated rings. The molecule has 1 aromatic carbocycles. The molecular weight excluding hydrogens is 369 g/mol. The van der Waals surface area contributed by atoms with Gasteiger partial charge in [-0.2, -0.15) is 18.2 Å². The molecular formula is C17H11F3N2O3S. The lowest BCUT2D eigenvalue weighted by Crippen LogP contribution is -2.23. The lowest BCUT2D eigenvalue weighted by Gasteiger charge is -2.07. The van der Waals surface area contributed by atoms with E-state index in [4.69, 9.17) is 4.42 Å². The second-order valence-corrected chi connectivity index (χ2v) is 6.33. The Kier molecular flexibility index (Phi) is 4.73. The fourth-order valence-electron chi connectivity index (χ4n) is 2.18. The maximum absolute atomic E-state index is 12.8. The molecule has 1 aliphatic rings. The molecule has 0 saturated carbocycles. The Morgan fingerprint density at radius 3 is 2.73 bits per heavy atom. The number of nitrogens with one attached hydrogen (secondary N) is 1. The van der Waals surface area contributed by atoms with Crippen LogP contribution in [-0.2, 0) is 15.8 Å². The zero-order valence-electron chi connectivity index (χ0n) is 13.3. The third kappa shape index (κ3) is 4.05. The fourth-order valence-corrected chi connectivity index (χ4v) is 3.02. The van der Waals surface area contributed by atoms with E-state index < -0.39 is 17.6 Å². The molecule has 134 valence electrons. The van der Waals surface area contributed by atoms with Crippen LogP contribution in [0.4, 0.5) is 13.2 Å². The highest BCUT2D eigenvalue weighted by Crippen LogP contribution is 2.33. The Labute approximate surface area is 150 Å². The number of hydrogen-bond donors (Lipinski definition) is 1. The van der Waals surface area contributed by atoms with Gasteiger partial charge < -0.3 is 9.73 Å². The fraction of sp³-hybridized carbons (Fsp3) is 0.118. The van der Waals surface area contributed by atoms with Crippen LogP contribution in [0.1, 0.15) is 18.2 Å². The smallest absolute Gasteiger partial charge is 0.416 e. The first-order valence-corrected chi connectivity index (χ1v) is 8.11. The number of amidine groups is 1. The third-order valence-electron chi connectivity index (χ3n) is 3.28.